The number of aliphatic hydroxyl groups excluding tert-OH is 1. The fourth-order valence-electron chi connectivity index (χ4n) is 3.17. The molecule has 0 aliphatic carbocycles. The Kier molecular flexibility index (Phi) is 5.55. The van der Waals surface area contributed by atoms with Crippen molar-refractivity contribution in [3.8, 4) is 5.69 Å². The lowest BCUT2D eigenvalue weighted by Crippen LogP contribution is -2.45. The van der Waals surface area contributed by atoms with Crippen molar-refractivity contribution in [2.75, 3.05) is 26.2 Å². The standard InChI is InChI=1S/C17H23N5O2/c23-11-14-5-3-4-9-21(14)10-8-19-17(24)15-6-1-2-7-16(15)22-13-18-12-20-22/h1-2,6-7,12-14,23H,3-5,8-11H2,(H,19,24)/t14-/m1/s1. The number of hydrogen-bond acceptors (Lipinski definition) is 5. The molecule has 0 bridgehead atoms. The Bertz CT molecular complexity index is 659. The van der Waals surface area contributed by atoms with Crippen molar-refractivity contribution in [1.29, 1.82) is 0 Å². The van der Waals surface area contributed by atoms with E-state index >= 15 is 0 Å². The van der Waals surface area contributed by atoms with Gasteiger partial charge in [-0.1, -0.05) is 18.6 Å². The summed E-state index contributed by atoms with van der Waals surface area (Å²) in [6, 6.07) is 7.55. The minimum absolute atomic E-state index is 0.126. The molecule has 1 aliphatic heterocycles. The molecule has 0 spiro atoms. The second kappa shape index (κ2) is 8.03. The third kappa shape index (κ3) is 3.80. The molecule has 2 heterocycles. The van der Waals surface area contributed by atoms with Gasteiger partial charge in [-0.25, -0.2) is 9.67 Å². The van der Waals surface area contributed by atoms with E-state index in [1.807, 2.05) is 18.2 Å². The molecule has 2 N–H and O–H groups in total. The number of carbonyl (C=O) groups is 1. The summed E-state index contributed by atoms with van der Waals surface area (Å²) < 4.78 is 1.58. The van der Waals surface area contributed by atoms with E-state index in [1.165, 1.54) is 12.7 Å². The van der Waals surface area contributed by atoms with Crippen molar-refractivity contribution in [3.05, 3.63) is 42.5 Å². The molecule has 24 heavy (non-hydrogen) atoms. The number of rotatable bonds is 6. The molecule has 1 saturated heterocycles. The van der Waals surface area contributed by atoms with Crippen LogP contribution in [0.3, 0.4) is 0 Å². The average Bonchev–Trinajstić information content (AvgIpc) is 3.16. The zero-order valence-electron chi connectivity index (χ0n) is 13.6. The second-order valence-electron chi connectivity index (χ2n) is 5.98. The van der Waals surface area contributed by atoms with E-state index in [9.17, 15) is 9.90 Å². The topological polar surface area (TPSA) is 83.3 Å². The SMILES string of the molecule is O=C(NCCN1CCCC[C@@H]1CO)c1ccccc1-n1cncn1. The largest absolute Gasteiger partial charge is 0.395 e. The Morgan fingerprint density at radius 3 is 3.00 bits per heavy atom. The monoisotopic (exact) mass is 329 g/mol. The Hall–Kier alpha value is -2.25. The smallest absolute Gasteiger partial charge is 0.253 e. The number of piperidine rings is 1. The van der Waals surface area contributed by atoms with E-state index in [-0.39, 0.29) is 18.6 Å². The van der Waals surface area contributed by atoms with Crippen molar-refractivity contribution in [1.82, 2.24) is 25.0 Å². The van der Waals surface area contributed by atoms with Gasteiger partial charge >= 0.3 is 0 Å². The van der Waals surface area contributed by atoms with Crippen LogP contribution in [0.1, 0.15) is 29.6 Å². The molecule has 2 aromatic rings. The van der Waals surface area contributed by atoms with Gasteiger partial charge in [-0.3, -0.25) is 9.69 Å². The quantitative estimate of drug-likeness (QED) is 0.821. The summed E-state index contributed by atoms with van der Waals surface area (Å²) in [6.07, 6.45) is 6.37. The van der Waals surface area contributed by atoms with Crippen molar-refractivity contribution in [2.45, 2.75) is 25.3 Å². The number of hydrogen-bond donors (Lipinski definition) is 2. The molecular formula is C17H23N5O2. The number of carbonyl (C=O) groups excluding carboxylic acids is 1. The molecule has 0 radical (unpaired) electrons. The first-order valence-corrected chi connectivity index (χ1v) is 8.36. The molecule has 0 saturated carbocycles. The number of aliphatic hydroxyl groups is 1. The van der Waals surface area contributed by atoms with Gasteiger partial charge in [-0.2, -0.15) is 5.10 Å². The maximum absolute atomic E-state index is 12.5. The highest BCUT2D eigenvalue weighted by Crippen LogP contribution is 2.16. The summed E-state index contributed by atoms with van der Waals surface area (Å²) in [7, 11) is 0. The molecule has 1 aliphatic rings. The van der Waals surface area contributed by atoms with Crippen LogP contribution in [0.4, 0.5) is 0 Å². The molecule has 1 aromatic heterocycles. The Balaban J connectivity index is 1.60. The van der Waals surface area contributed by atoms with Crippen LogP contribution in [-0.4, -0.2) is 63.0 Å². The molecule has 1 atom stereocenters. The van der Waals surface area contributed by atoms with Crippen LogP contribution in [0.5, 0.6) is 0 Å². The summed E-state index contributed by atoms with van der Waals surface area (Å²) in [6.45, 7) is 2.48. The van der Waals surface area contributed by atoms with E-state index in [4.69, 9.17) is 0 Å². The van der Waals surface area contributed by atoms with Gasteiger partial charge in [0.25, 0.3) is 5.91 Å². The van der Waals surface area contributed by atoms with Crippen molar-refractivity contribution in [2.24, 2.45) is 0 Å². The van der Waals surface area contributed by atoms with Crippen LogP contribution in [0.15, 0.2) is 36.9 Å². The molecule has 128 valence electrons. The number of nitrogens with one attached hydrogen (secondary N) is 1. The maximum atomic E-state index is 12.5. The fourth-order valence-corrected chi connectivity index (χ4v) is 3.17. The summed E-state index contributed by atoms with van der Waals surface area (Å²) in [4.78, 5) is 18.7. The van der Waals surface area contributed by atoms with E-state index in [2.05, 4.69) is 20.3 Å². The Morgan fingerprint density at radius 1 is 1.33 bits per heavy atom. The van der Waals surface area contributed by atoms with Gasteiger partial charge in [0.2, 0.25) is 0 Å². The van der Waals surface area contributed by atoms with Crippen LogP contribution in [0.25, 0.3) is 5.69 Å². The molecule has 0 unspecified atom stereocenters. The van der Waals surface area contributed by atoms with Crippen LogP contribution in [0.2, 0.25) is 0 Å². The van der Waals surface area contributed by atoms with Gasteiger partial charge in [0.1, 0.15) is 12.7 Å². The normalized spacial score (nSPS) is 18.5. The molecule has 1 fully saturated rings. The molecule has 7 heteroatoms. The van der Waals surface area contributed by atoms with Gasteiger partial charge in [-0.05, 0) is 31.5 Å². The lowest BCUT2D eigenvalue weighted by Gasteiger charge is -2.34. The number of nitrogens with zero attached hydrogens (tertiary/aromatic N) is 4. The second-order valence-corrected chi connectivity index (χ2v) is 5.98. The van der Waals surface area contributed by atoms with Gasteiger partial charge < -0.3 is 10.4 Å². The number of para-hydroxylation sites is 1. The van der Waals surface area contributed by atoms with Gasteiger partial charge in [0.05, 0.1) is 17.9 Å². The van der Waals surface area contributed by atoms with Crippen LogP contribution in [-0.2, 0) is 0 Å². The first-order valence-electron chi connectivity index (χ1n) is 8.36. The van der Waals surface area contributed by atoms with E-state index in [0.29, 0.717) is 17.8 Å². The van der Waals surface area contributed by atoms with Crippen LogP contribution >= 0.6 is 0 Å². The highest BCUT2D eigenvalue weighted by atomic mass is 16.3. The molecule has 1 aromatic carbocycles. The summed E-state index contributed by atoms with van der Waals surface area (Å²) in [5.41, 5.74) is 1.28. The highest BCUT2D eigenvalue weighted by molar-refractivity contribution is 5.97. The molecular weight excluding hydrogens is 306 g/mol. The first kappa shape index (κ1) is 16.6. The number of amides is 1. The van der Waals surface area contributed by atoms with Gasteiger partial charge in [-0.15, -0.1) is 0 Å². The lowest BCUT2D eigenvalue weighted by molar-refractivity contribution is 0.0849. The number of benzene rings is 1. The molecule has 1 amide bonds. The first-order chi connectivity index (χ1) is 11.8. The van der Waals surface area contributed by atoms with Gasteiger partial charge in [0.15, 0.2) is 0 Å². The van der Waals surface area contributed by atoms with Crippen molar-refractivity contribution < 1.29 is 9.90 Å². The summed E-state index contributed by atoms with van der Waals surface area (Å²) in [5, 5.41) is 16.5. The average molecular weight is 329 g/mol. The molecule has 7 nitrogen and oxygen atoms in total. The minimum atomic E-state index is -0.126. The fraction of sp³-hybridized carbons (Fsp3) is 0.471. The van der Waals surface area contributed by atoms with E-state index in [1.54, 1.807) is 17.1 Å². The third-order valence-electron chi connectivity index (χ3n) is 4.46. The minimum Gasteiger partial charge on any atom is -0.395 e. The third-order valence-corrected chi connectivity index (χ3v) is 4.46. The summed E-state index contributed by atoms with van der Waals surface area (Å²) >= 11 is 0. The number of aromatic nitrogens is 3. The maximum Gasteiger partial charge on any atom is 0.253 e. The zero-order valence-corrected chi connectivity index (χ0v) is 13.6. The Labute approximate surface area is 141 Å². The van der Waals surface area contributed by atoms with E-state index < -0.39 is 0 Å². The highest BCUT2D eigenvalue weighted by Gasteiger charge is 2.21. The Morgan fingerprint density at radius 2 is 2.21 bits per heavy atom. The predicted molar refractivity (Wildman–Crippen MR) is 90.0 cm³/mol. The summed E-state index contributed by atoms with van der Waals surface area (Å²) in [5.74, 6) is -0.126. The van der Waals surface area contributed by atoms with E-state index in [0.717, 1.165) is 25.9 Å². The lowest BCUT2D eigenvalue weighted by atomic mass is 10.0. The van der Waals surface area contributed by atoms with Crippen molar-refractivity contribution in [3.63, 3.8) is 0 Å². The van der Waals surface area contributed by atoms with Crippen molar-refractivity contribution >= 4 is 5.91 Å². The number of likely N-dealkylation sites (tertiary alicyclic amines) is 1. The zero-order chi connectivity index (χ0) is 16.8. The van der Waals surface area contributed by atoms with Gasteiger partial charge in [0, 0.05) is 19.1 Å². The van der Waals surface area contributed by atoms with Crippen LogP contribution in [0, 0.1) is 0 Å². The van der Waals surface area contributed by atoms with Crippen LogP contribution < -0.4 is 5.32 Å². The predicted octanol–water partition coefficient (Wildman–Crippen LogP) is 0.844. The molecule has 3 rings (SSSR count).